The van der Waals surface area contributed by atoms with Gasteiger partial charge in [0.05, 0.1) is 0 Å². The van der Waals surface area contributed by atoms with E-state index in [4.69, 9.17) is 11.6 Å². The molecular formula is C15H17ClN2. The molecule has 0 aliphatic carbocycles. The van der Waals surface area contributed by atoms with E-state index in [1.165, 1.54) is 16.7 Å². The molecule has 3 heteroatoms. The van der Waals surface area contributed by atoms with Gasteiger partial charge in [0.1, 0.15) is 0 Å². The molecule has 0 spiro atoms. The van der Waals surface area contributed by atoms with Crippen LogP contribution in [0.3, 0.4) is 0 Å². The van der Waals surface area contributed by atoms with E-state index in [1.54, 1.807) is 0 Å². The van der Waals surface area contributed by atoms with Crippen LogP contribution in [0.25, 0.3) is 0 Å². The topological polar surface area (TPSA) is 24.9 Å². The van der Waals surface area contributed by atoms with Crippen LogP contribution in [0.2, 0.25) is 5.02 Å². The molecule has 18 heavy (non-hydrogen) atoms. The number of hydrogen-bond acceptors (Lipinski definition) is 2. The van der Waals surface area contributed by atoms with E-state index < -0.39 is 0 Å². The van der Waals surface area contributed by atoms with Gasteiger partial charge in [-0.1, -0.05) is 29.8 Å². The minimum Gasteiger partial charge on any atom is -0.306 e. The number of hydrogen-bond donors (Lipinski definition) is 1. The Morgan fingerprint density at radius 2 is 1.94 bits per heavy atom. The van der Waals surface area contributed by atoms with Gasteiger partial charge in [-0.25, -0.2) is 0 Å². The molecule has 94 valence electrons. The first-order valence-electron chi connectivity index (χ1n) is 6.04. The van der Waals surface area contributed by atoms with Gasteiger partial charge in [-0.2, -0.15) is 0 Å². The van der Waals surface area contributed by atoms with Crippen LogP contribution >= 0.6 is 11.6 Å². The van der Waals surface area contributed by atoms with Crippen LogP contribution in [0.15, 0.2) is 42.7 Å². The molecule has 0 saturated heterocycles. The Hall–Kier alpha value is -1.38. The maximum atomic E-state index is 5.88. The molecule has 0 unspecified atom stereocenters. The smallest absolute Gasteiger partial charge is 0.0406 e. The highest BCUT2D eigenvalue weighted by Gasteiger charge is 2.04. The molecule has 0 bridgehead atoms. The van der Waals surface area contributed by atoms with Crippen molar-refractivity contribution in [1.82, 2.24) is 10.3 Å². The van der Waals surface area contributed by atoms with Crippen molar-refractivity contribution in [2.75, 3.05) is 0 Å². The van der Waals surface area contributed by atoms with Gasteiger partial charge >= 0.3 is 0 Å². The highest BCUT2D eigenvalue weighted by atomic mass is 35.5. The fourth-order valence-electron chi connectivity index (χ4n) is 1.85. The fraction of sp³-hybridized carbons (Fsp3) is 0.267. The molecule has 1 N–H and O–H groups in total. The van der Waals surface area contributed by atoms with Crippen molar-refractivity contribution in [2.45, 2.75) is 26.4 Å². The third-order valence-corrected chi connectivity index (χ3v) is 3.17. The van der Waals surface area contributed by atoms with Crippen molar-refractivity contribution in [2.24, 2.45) is 0 Å². The summed E-state index contributed by atoms with van der Waals surface area (Å²) >= 11 is 5.88. The highest BCUT2D eigenvalue weighted by Crippen LogP contribution is 2.16. The predicted molar refractivity (Wildman–Crippen MR) is 75.7 cm³/mol. The van der Waals surface area contributed by atoms with Gasteiger partial charge in [-0.05, 0) is 42.7 Å². The van der Waals surface area contributed by atoms with Gasteiger partial charge in [-0.15, -0.1) is 0 Å². The van der Waals surface area contributed by atoms with Crippen LogP contribution in [0.4, 0.5) is 0 Å². The summed E-state index contributed by atoms with van der Waals surface area (Å²) < 4.78 is 0. The molecule has 1 aromatic heterocycles. The number of benzene rings is 1. The zero-order valence-corrected chi connectivity index (χ0v) is 11.4. The van der Waals surface area contributed by atoms with Gasteiger partial charge in [0.2, 0.25) is 0 Å². The van der Waals surface area contributed by atoms with Gasteiger partial charge in [-0.3, -0.25) is 4.98 Å². The van der Waals surface area contributed by atoms with Crippen molar-refractivity contribution >= 4 is 11.6 Å². The molecule has 0 aliphatic rings. The molecule has 1 atom stereocenters. The number of nitrogens with zero attached hydrogens (tertiary/aromatic N) is 1. The molecule has 2 rings (SSSR count). The Morgan fingerprint density at radius 1 is 1.22 bits per heavy atom. The number of nitrogens with one attached hydrogen (secondary N) is 1. The van der Waals surface area contributed by atoms with E-state index in [9.17, 15) is 0 Å². The summed E-state index contributed by atoms with van der Waals surface area (Å²) in [5, 5.41) is 4.25. The van der Waals surface area contributed by atoms with E-state index >= 15 is 0 Å². The summed E-state index contributed by atoms with van der Waals surface area (Å²) in [7, 11) is 0. The van der Waals surface area contributed by atoms with E-state index in [1.807, 2.05) is 24.5 Å². The van der Waals surface area contributed by atoms with Crippen LogP contribution in [0.5, 0.6) is 0 Å². The second-order valence-corrected chi connectivity index (χ2v) is 4.96. The molecule has 2 aromatic rings. The van der Waals surface area contributed by atoms with Crippen molar-refractivity contribution < 1.29 is 0 Å². The fourth-order valence-corrected chi connectivity index (χ4v) is 1.98. The third-order valence-electron chi connectivity index (χ3n) is 2.91. The summed E-state index contributed by atoms with van der Waals surface area (Å²) in [6, 6.07) is 10.4. The van der Waals surface area contributed by atoms with E-state index in [0.29, 0.717) is 6.04 Å². The first kappa shape index (κ1) is 13.1. The molecule has 0 fully saturated rings. The minimum absolute atomic E-state index is 0.294. The second kappa shape index (κ2) is 5.98. The normalized spacial score (nSPS) is 12.4. The summed E-state index contributed by atoms with van der Waals surface area (Å²) in [6.07, 6.45) is 3.76. The number of halogens is 1. The van der Waals surface area contributed by atoms with E-state index in [-0.39, 0.29) is 0 Å². The average molecular weight is 261 g/mol. The Morgan fingerprint density at radius 3 is 2.61 bits per heavy atom. The average Bonchev–Trinajstić information content (AvgIpc) is 2.37. The molecule has 0 aliphatic heterocycles. The van der Waals surface area contributed by atoms with Gasteiger partial charge < -0.3 is 5.32 Å². The van der Waals surface area contributed by atoms with Crippen LogP contribution in [0, 0.1) is 6.92 Å². The third kappa shape index (κ3) is 3.56. The molecule has 1 aromatic carbocycles. The molecule has 0 saturated carbocycles. The van der Waals surface area contributed by atoms with Crippen molar-refractivity contribution in [3.63, 3.8) is 0 Å². The van der Waals surface area contributed by atoms with Gasteiger partial charge in [0, 0.05) is 30.0 Å². The lowest BCUT2D eigenvalue weighted by Crippen LogP contribution is -2.18. The van der Waals surface area contributed by atoms with E-state index in [2.05, 4.69) is 42.3 Å². The maximum Gasteiger partial charge on any atom is 0.0406 e. The first-order valence-corrected chi connectivity index (χ1v) is 6.42. The summed E-state index contributed by atoms with van der Waals surface area (Å²) in [4.78, 5) is 4.19. The van der Waals surface area contributed by atoms with Crippen molar-refractivity contribution in [1.29, 1.82) is 0 Å². The lowest BCUT2D eigenvalue weighted by Gasteiger charge is -2.14. The second-order valence-electron chi connectivity index (χ2n) is 4.52. The summed E-state index contributed by atoms with van der Waals surface area (Å²) in [5.41, 5.74) is 3.63. The number of aromatic nitrogens is 1. The zero-order chi connectivity index (χ0) is 13.0. The Balaban J connectivity index is 1.96. The summed E-state index contributed by atoms with van der Waals surface area (Å²) in [6.45, 7) is 5.02. The van der Waals surface area contributed by atoms with Crippen LogP contribution < -0.4 is 5.32 Å². The Labute approximate surface area is 113 Å². The van der Waals surface area contributed by atoms with E-state index in [0.717, 1.165) is 11.6 Å². The number of rotatable bonds is 4. The van der Waals surface area contributed by atoms with Crippen LogP contribution in [-0.4, -0.2) is 4.98 Å². The molecular weight excluding hydrogens is 244 g/mol. The quantitative estimate of drug-likeness (QED) is 0.902. The lowest BCUT2D eigenvalue weighted by molar-refractivity contribution is 0.573. The van der Waals surface area contributed by atoms with Gasteiger partial charge in [0.15, 0.2) is 0 Å². The molecule has 0 amide bonds. The van der Waals surface area contributed by atoms with Gasteiger partial charge in [0.25, 0.3) is 0 Å². The predicted octanol–water partition coefficient (Wildman–Crippen LogP) is 3.89. The van der Waals surface area contributed by atoms with Crippen LogP contribution in [-0.2, 0) is 6.54 Å². The standard InChI is InChI=1S/C15H17ClN2/c1-11-7-13(9-17-8-11)10-18-12(2)14-3-5-15(16)6-4-14/h3-9,12,18H,10H2,1-2H3/t12-/m1/s1. The lowest BCUT2D eigenvalue weighted by atomic mass is 10.1. The largest absolute Gasteiger partial charge is 0.306 e. The Bertz CT molecular complexity index is 508. The molecule has 1 heterocycles. The molecule has 2 nitrogen and oxygen atoms in total. The Kier molecular flexibility index (Phi) is 4.34. The number of aryl methyl sites for hydroxylation is 1. The monoisotopic (exact) mass is 260 g/mol. The highest BCUT2D eigenvalue weighted by molar-refractivity contribution is 6.30. The summed E-state index contributed by atoms with van der Waals surface area (Å²) in [5.74, 6) is 0. The number of pyridine rings is 1. The first-order chi connectivity index (χ1) is 8.65. The maximum absolute atomic E-state index is 5.88. The van der Waals surface area contributed by atoms with Crippen molar-refractivity contribution in [3.05, 3.63) is 64.4 Å². The van der Waals surface area contributed by atoms with Crippen molar-refractivity contribution in [3.8, 4) is 0 Å². The SMILES string of the molecule is Cc1cncc(CN[C@H](C)c2ccc(Cl)cc2)c1. The molecule has 0 radical (unpaired) electrons. The van der Waals surface area contributed by atoms with Crippen LogP contribution in [0.1, 0.15) is 29.7 Å². The zero-order valence-electron chi connectivity index (χ0n) is 10.7. The minimum atomic E-state index is 0.294.